The minimum absolute atomic E-state index is 0.0545. The summed E-state index contributed by atoms with van der Waals surface area (Å²) in [5.74, 6) is -0.0243. The number of carbonyl (C=O) groups is 1. The molecule has 1 aliphatic heterocycles. The lowest BCUT2D eigenvalue weighted by Gasteiger charge is -2.24. The molecule has 0 aliphatic carbocycles. The van der Waals surface area contributed by atoms with E-state index in [-0.39, 0.29) is 30.0 Å². The van der Waals surface area contributed by atoms with Crippen LogP contribution in [0, 0.1) is 0 Å². The third kappa shape index (κ3) is 4.10. The van der Waals surface area contributed by atoms with Gasteiger partial charge in [-0.2, -0.15) is 5.10 Å². The molecule has 1 aromatic carbocycles. The highest BCUT2D eigenvalue weighted by molar-refractivity contribution is 9.10. The molecule has 0 spiro atoms. The van der Waals surface area contributed by atoms with Gasteiger partial charge in [-0.25, -0.2) is 4.68 Å². The Balaban J connectivity index is 1.90. The summed E-state index contributed by atoms with van der Waals surface area (Å²) in [5.41, 5.74) is 0.590. The van der Waals surface area contributed by atoms with Crippen molar-refractivity contribution < 1.29 is 4.79 Å². The van der Waals surface area contributed by atoms with Crippen molar-refractivity contribution in [3.63, 3.8) is 0 Å². The number of rotatable bonds is 4. The van der Waals surface area contributed by atoms with Crippen molar-refractivity contribution in [3.8, 4) is 0 Å². The van der Waals surface area contributed by atoms with Gasteiger partial charge in [0.2, 0.25) is 5.91 Å². The van der Waals surface area contributed by atoms with Crippen molar-refractivity contribution in [2.45, 2.75) is 45.2 Å². The molecule has 0 saturated carbocycles. The van der Waals surface area contributed by atoms with Crippen molar-refractivity contribution in [3.05, 3.63) is 38.7 Å². The summed E-state index contributed by atoms with van der Waals surface area (Å²) in [6, 6.07) is 5.66. The van der Waals surface area contributed by atoms with Gasteiger partial charge in [-0.3, -0.25) is 9.59 Å². The zero-order valence-electron chi connectivity index (χ0n) is 14.5. The number of amides is 1. The first-order valence-electron chi connectivity index (χ1n) is 8.66. The van der Waals surface area contributed by atoms with Crippen LogP contribution in [-0.2, 0) is 11.3 Å². The van der Waals surface area contributed by atoms with E-state index in [4.69, 9.17) is 0 Å². The molecule has 2 N–H and O–H groups in total. The number of hydrogen-bond donors (Lipinski definition) is 2. The highest BCUT2D eigenvalue weighted by Crippen LogP contribution is 2.24. The first-order chi connectivity index (χ1) is 12.0. The van der Waals surface area contributed by atoms with E-state index in [0.717, 1.165) is 41.5 Å². The Kier molecular flexibility index (Phi) is 5.54. The smallest absolute Gasteiger partial charge is 0.275 e. The Labute approximate surface area is 155 Å². The fourth-order valence-corrected chi connectivity index (χ4v) is 3.56. The summed E-state index contributed by atoms with van der Waals surface area (Å²) < 4.78 is 2.19. The second kappa shape index (κ2) is 7.66. The van der Waals surface area contributed by atoms with Crippen LogP contribution in [0.1, 0.15) is 38.3 Å². The third-order valence-corrected chi connectivity index (χ3v) is 4.95. The molecule has 1 atom stereocenters. The highest BCUT2D eigenvalue weighted by Gasteiger charge is 2.18. The zero-order valence-corrected chi connectivity index (χ0v) is 16.1. The van der Waals surface area contributed by atoms with Crippen LogP contribution in [0.25, 0.3) is 10.8 Å². The normalized spacial score (nSPS) is 17.8. The minimum atomic E-state index is -0.233. The summed E-state index contributed by atoms with van der Waals surface area (Å²) in [6.45, 7) is 5.78. The number of aromatic nitrogens is 2. The summed E-state index contributed by atoms with van der Waals surface area (Å²) >= 11 is 3.45. The predicted molar refractivity (Wildman–Crippen MR) is 102 cm³/mol. The molecule has 0 radical (unpaired) electrons. The van der Waals surface area contributed by atoms with Crippen LogP contribution in [0.2, 0.25) is 0 Å². The van der Waals surface area contributed by atoms with Crippen LogP contribution in [0.15, 0.2) is 27.5 Å². The number of nitrogens with one attached hydrogen (secondary N) is 2. The van der Waals surface area contributed by atoms with Crippen LogP contribution in [0.3, 0.4) is 0 Å². The summed E-state index contributed by atoms with van der Waals surface area (Å²) in [4.78, 5) is 25.1. The number of piperidine rings is 1. The topological polar surface area (TPSA) is 76.0 Å². The van der Waals surface area contributed by atoms with Crippen LogP contribution < -0.4 is 16.2 Å². The number of benzene rings is 1. The lowest BCUT2D eigenvalue weighted by molar-refractivity contribution is -0.122. The molecule has 1 aliphatic rings. The number of halogens is 1. The average Bonchev–Trinajstić information content (AvgIpc) is 2.57. The van der Waals surface area contributed by atoms with Gasteiger partial charge in [0.1, 0.15) is 6.54 Å². The molecule has 25 heavy (non-hydrogen) atoms. The zero-order chi connectivity index (χ0) is 18.0. The average molecular weight is 407 g/mol. The molecular weight excluding hydrogens is 384 g/mol. The van der Waals surface area contributed by atoms with Gasteiger partial charge in [0.15, 0.2) is 0 Å². The summed E-state index contributed by atoms with van der Waals surface area (Å²) in [7, 11) is 0. The fraction of sp³-hybridized carbons (Fsp3) is 0.500. The van der Waals surface area contributed by atoms with Crippen LogP contribution in [-0.4, -0.2) is 34.8 Å². The summed E-state index contributed by atoms with van der Waals surface area (Å²) in [6.07, 6.45) is 2.01. The van der Waals surface area contributed by atoms with Gasteiger partial charge in [-0.1, -0.05) is 29.8 Å². The van der Waals surface area contributed by atoms with Crippen LogP contribution in [0.4, 0.5) is 0 Å². The maximum Gasteiger partial charge on any atom is 0.275 e. The van der Waals surface area contributed by atoms with Crippen molar-refractivity contribution in [2.75, 3.05) is 13.1 Å². The van der Waals surface area contributed by atoms with E-state index < -0.39 is 0 Å². The molecular formula is C18H23BrN4O2. The Morgan fingerprint density at radius 3 is 2.92 bits per heavy atom. The van der Waals surface area contributed by atoms with Crippen molar-refractivity contribution in [1.82, 2.24) is 20.4 Å². The van der Waals surface area contributed by atoms with Crippen molar-refractivity contribution in [1.29, 1.82) is 0 Å². The van der Waals surface area contributed by atoms with E-state index in [9.17, 15) is 9.59 Å². The maximum atomic E-state index is 12.7. The SMILES string of the molecule is CC(C)c1nn(CC(=O)NC2CCCNC2)c(=O)c2ccc(Br)cc12. The van der Waals surface area contributed by atoms with E-state index in [1.807, 2.05) is 26.0 Å². The Morgan fingerprint density at radius 1 is 1.44 bits per heavy atom. The molecule has 1 saturated heterocycles. The molecule has 6 nitrogen and oxygen atoms in total. The van der Waals surface area contributed by atoms with E-state index in [0.29, 0.717) is 5.39 Å². The molecule has 1 unspecified atom stereocenters. The number of hydrogen-bond acceptors (Lipinski definition) is 4. The molecule has 1 fully saturated rings. The van der Waals surface area contributed by atoms with E-state index in [1.165, 1.54) is 4.68 Å². The van der Waals surface area contributed by atoms with Crippen molar-refractivity contribution >= 4 is 32.6 Å². The second-order valence-corrected chi connectivity index (χ2v) is 7.72. The van der Waals surface area contributed by atoms with Gasteiger partial charge in [-0.15, -0.1) is 0 Å². The largest absolute Gasteiger partial charge is 0.350 e. The first kappa shape index (κ1) is 18.1. The molecule has 2 heterocycles. The standard InChI is InChI=1S/C18H23BrN4O2/c1-11(2)17-15-8-12(19)5-6-14(15)18(25)23(22-17)10-16(24)21-13-4-3-7-20-9-13/h5-6,8,11,13,20H,3-4,7,9-10H2,1-2H3,(H,21,24). The van der Waals surface area contributed by atoms with E-state index >= 15 is 0 Å². The lowest BCUT2D eigenvalue weighted by Crippen LogP contribution is -2.47. The Hall–Kier alpha value is -1.73. The Bertz CT molecular complexity index is 841. The van der Waals surface area contributed by atoms with E-state index in [1.54, 1.807) is 6.07 Å². The molecule has 2 aromatic rings. The fourth-order valence-electron chi connectivity index (χ4n) is 3.20. The van der Waals surface area contributed by atoms with Gasteiger partial charge in [0.25, 0.3) is 5.56 Å². The molecule has 0 bridgehead atoms. The van der Waals surface area contributed by atoms with Crippen molar-refractivity contribution in [2.24, 2.45) is 0 Å². The lowest BCUT2D eigenvalue weighted by atomic mass is 10.0. The maximum absolute atomic E-state index is 12.7. The van der Waals surface area contributed by atoms with Gasteiger partial charge < -0.3 is 10.6 Å². The molecule has 3 rings (SSSR count). The Morgan fingerprint density at radius 2 is 2.24 bits per heavy atom. The molecule has 1 aromatic heterocycles. The number of carbonyl (C=O) groups excluding carboxylic acids is 1. The highest BCUT2D eigenvalue weighted by atomic mass is 79.9. The predicted octanol–water partition coefficient (Wildman–Crippen LogP) is 2.15. The molecule has 1 amide bonds. The van der Waals surface area contributed by atoms with Gasteiger partial charge in [0, 0.05) is 22.4 Å². The summed E-state index contributed by atoms with van der Waals surface area (Å²) in [5, 5.41) is 12.2. The third-order valence-electron chi connectivity index (χ3n) is 4.45. The molecule has 134 valence electrons. The minimum Gasteiger partial charge on any atom is -0.350 e. The number of fused-ring (bicyclic) bond motifs is 1. The molecule has 7 heteroatoms. The first-order valence-corrected chi connectivity index (χ1v) is 9.45. The van der Waals surface area contributed by atoms with Gasteiger partial charge >= 0.3 is 0 Å². The second-order valence-electron chi connectivity index (χ2n) is 6.80. The quantitative estimate of drug-likeness (QED) is 0.815. The number of nitrogens with zero attached hydrogens (tertiary/aromatic N) is 2. The van der Waals surface area contributed by atoms with Crippen LogP contribution >= 0.6 is 15.9 Å². The van der Waals surface area contributed by atoms with Gasteiger partial charge in [-0.05, 0) is 43.5 Å². The van der Waals surface area contributed by atoms with Gasteiger partial charge in [0.05, 0.1) is 11.1 Å². The monoisotopic (exact) mass is 406 g/mol. The van der Waals surface area contributed by atoms with E-state index in [2.05, 4.69) is 31.7 Å². The van der Waals surface area contributed by atoms with Crippen LogP contribution in [0.5, 0.6) is 0 Å².